The van der Waals surface area contributed by atoms with Gasteiger partial charge in [-0.1, -0.05) is 26.7 Å². The van der Waals surface area contributed by atoms with Crippen LogP contribution in [-0.2, 0) is 4.79 Å². The molecule has 0 radical (unpaired) electrons. The second kappa shape index (κ2) is 9.50. The SMILES string of the molecule is CCCC[C@@H](CC)C(=O)Nc1ccc(N(CC)CC)cc1C. The summed E-state index contributed by atoms with van der Waals surface area (Å²) in [5, 5.41) is 3.11. The van der Waals surface area contributed by atoms with Crippen LogP contribution in [0, 0.1) is 12.8 Å². The standard InChI is InChI=1S/C19H32N2O/c1-6-10-11-16(7-2)19(22)20-18-13-12-17(14-15(18)5)21(8-3)9-4/h12-14,16H,6-11H2,1-5H3,(H,20,22)/t16-/m1/s1. The number of rotatable bonds is 9. The van der Waals surface area contributed by atoms with Crippen molar-refractivity contribution in [3.8, 4) is 0 Å². The van der Waals surface area contributed by atoms with Crippen LogP contribution in [-0.4, -0.2) is 19.0 Å². The molecule has 1 aromatic rings. The summed E-state index contributed by atoms with van der Waals surface area (Å²) in [6, 6.07) is 6.30. The van der Waals surface area contributed by atoms with Gasteiger partial charge in [-0.3, -0.25) is 4.79 Å². The summed E-state index contributed by atoms with van der Waals surface area (Å²) in [6.45, 7) is 12.6. The van der Waals surface area contributed by atoms with Crippen molar-refractivity contribution >= 4 is 17.3 Å². The highest BCUT2D eigenvalue weighted by Gasteiger charge is 2.16. The van der Waals surface area contributed by atoms with E-state index in [-0.39, 0.29) is 11.8 Å². The van der Waals surface area contributed by atoms with Gasteiger partial charge in [0.15, 0.2) is 0 Å². The Morgan fingerprint density at radius 1 is 1.18 bits per heavy atom. The smallest absolute Gasteiger partial charge is 0.227 e. The second-order valence-electron chi connectivity index (χ2n) is 5.91. The van der Waals surface area contributed by atoms with Crippen LogP contribution in [0.15, 0.2) is 18.2 Å². The molecule has 1 amide bonds. The monoisotopic (exact) mass is 304 g/mol. The van der Waals surface area contributed by atoms with Gasteiger partial charge < -0.3 is 10.2 Å². The Morgan fingerprint density at radius 3 is 2.36 bits per heavy atom. The summed E-state index contributed by atoms with van der Waals surface area (Å²) < 4.78 is 0. The lowest BCUT2D eigenvalue weighted by molar-refractivity contribution is -0.120. The van der Waals surface area contributed by atoms with Crippen molar-refractivity contribution in [3.63, 3.8) is 0 Å². The molecule has 0 bridgehead atoms. The highest BCUT2D eigenvalue weighted by molar-refractivity contribution is 5.93. The summed E-state index contributed by atoms with van der Waals surface area (Å²) >= 11 is 0. The molecule has 1 N–H and O–H groups in total. The minimum atomic E-state index is 0.127. The molecule has 124 valence electrons. The number of nitrogens with one attached hydrogen (secondary N) is 1. The molecule has 0 aliphatic rings. The lowest BCUT2D eigenvalue weighted by Gasteiger charge is -2.22. The van der Waals surface area contributed by atoms with E-state index in [1.807, 2.05) is 6.07 Å². The van der Waals surface area contributed by atoms with Crippen LogP contribution in [0.5, 0.6) is 0 Å². The number of aryl methyl sites for hydroxylation is 1. The van der Waals surface area contributed by atoms with Crippen molar-refractivity contribution in [3.05, 3.63) is 23.8 Å². The fourth-order valence-corrected chi connectivity index (χ4v) is 2.78. The van der Waals surface area contributed by atoms with E-state index >= 15 is 0 Å². The van der Waals surface area contributed by atoms with Gasteiger partial charge in [-0.15, -0.1) is 0 Å². The van der Waals surface area contributed by atoms with E-state index in [1.54, 1.807) is 0 Å². The van der Waals surface area contributed by atoms with E-state index in [1.165, 1.54) is 5.69 Å². The van der Waals surface area contributed by atoms with Crippen LogP contribution in [0.1, 0.15) is 58.9 Å². The van der Waals surface area contributed by atoms with Gasteiger partial charge in [-0.25, -0.2) is 0 Å². The number of anilines is 2. The van der Waals surface area contributed by atoms with Crippen LogP contribution in [0.4, 0.5) is 11.4 Å². The Kier molecular flexibility index (Phi) is 8.00. The van der Waals surface area contributed by atoms with Gasteiger partial charge in [-0.05, 0) is 57.4 Å². The van der Waals surface area contributed by atoms with E-state index in [9.17, 15) is 4.79 Å². The molecule has 0 saturated heterocycles. The van der Waals surface area contributed by atoms with E-state index in [2.05, 4.69) is 57.0 Å². The normalized spacial score (nSPS) is 12.0. The molecule has 0 aliphatic heterocycles. The maximum absolute atomic E-state index is 12.4. The zero-order chi connectivity index (χ0) is 16.5. The predicted octanol–water partition coefficient (Wildman–Crippen LogP) is 5.00. The van der Waals surface area contributed by atoms with Crippen LogP contribution < -0.4 is 10.2 Å². The summed E-state index contributed by atoms with van der Waals surface area (Å²) in [6.07, 6.45) is 4.14. The van der Waals surface area contributed by atoms with Crippen molar-refractivity contribution in [2.75, 3.05) is 23.3 Å². The quantitative estimate of drug-likeness (QED) is 0.696. The maximum Gasteiger partial charge on any atom is 0.227 e. The van der Waals surface area contributed by atoms with E-state index < -0.39 is 0 Å². The molecule has 3 nitrogen and oxygen atoms in total. The molecular formula is C19H32N2O. The van der Waals surface area contributed by atoms with Gasteiger partial charge >= 0.3 is 0 Å². The first-order chi connectivity index (χ1) is 10.6. The maximum atomic E-state index is 12.4. The highest BCUT2D eigenvalue weighted by Crippen LogP contribution is 2.24. The van der Waals surface area contributed by atoms with Crippen LogP contribution >= 0.6 is 0 Å². The van der Waals surface area contributed by atoms with Crippen molar-refractivity contribution < 1.29 is 4.79 Å². The molecule has 1 rings (SSSR count). The van der Waals surface area contributed by atoms with Crippen molar-refractivity contribution in [1.29, 1.82) is 0 Å². The first-order valence-corrected chi connectivity index (χ1v) is 8.73. The predicted molar refractivity (Wildman–Crippen MR) is 96.7 cm³/mol. The Balaban J connectivity index is 2.79. The molecule has 3 heteroatoms. The minimum Gasteiger partial charge on any atom is -0.372 e. The lowest BCUT2D eigenvalue weighted by atomic mass is 9.98. The Labute approximate surface area is 136 Å². The molecule has 1 atom stereocenters. The summed E-state index contributed by atoms with van der Waals surface area (Å²) in [5.74, 6) is 0.288. The van der Waals surface area contributed by atoms with Crippen LogP contribution in [0.3, 0.4) is 0 Å². The number of benzene rings is 1. The summed E-state index contributed by atoms with van der Waals surface area (Å²) in [7, 11) is 0. The van der Waals surface area contributed by atoms with Crippen molar-refractivity contribution in [2.24, 2.45) is 5.92 Å². The van der Waals surface area contributed by atoms with Gasteiger partial charge in [0, 0.05) is 30.4 Å². The zero-order valence-electron chi connectivity index (χ0n) is 14.9. The molecule has 1 aromatic carbocycles. The van der Waals surface area contributed by atoms with Gasteiger partial charge in [0.05, 0.1) is 0 Å². The summed E-state index contributed by atoms with van der Waals surface area (Å²) in [4.78, 5) is 14.7. The lowest BCUT2D eigenvalue weighted by Crippen LogP contribution is -2.24. The molecular weight excluding hydrogens is 272 g/mol. The number of amides is 1. The molecule has 0 fully saturated rings. The number of unbranched alkanes of at least 4 members (excludes halogenated alkanes) is 1. The zero-order valence-corrected chi connectivity index (χ0v) is 14.9. The fourth-order valence-electron chi connectivity index (χ4n) is 2.78. The van der Waals surface area contributed by atoms with Gasteiger partial charge in [0.25, 0.3) is 0 Å². The Hall–Kier alpha value is -1.51. The van der Waals surface area contributed by atoms with Gasteiger partial charge in [-0.2, -0.15) is 0 Å². The number of carbonyl (C=O) groups excluding carboxylic acids is 1. The van der Waals surface area contributed by atoms with Crippen molar-refractivity contribution in [2.45, 2.75) is 60.3 Å². The molecule has 22 heavy (non-hydrogen) atoms. The van der Waals surface area contributed by atoms with Crippen LogP contribution in [0.2, 0.25) is 0 Å². The third kappa shape index (κ3) is 5.04. The topological polar surface area (TPSA) is 32.3 Å². The minimum absolute atomic E-state index is 0.127. The summed E-state index contributed by atoms with van der Waals surface area (Å²) in [5.41, 5.74) is 3.29. The Morgan fingerprint density at radius 2 is 1.86 bits per heavy atom. The van der Waals surface area contributed by atoms with Gasteiger partial charge in [0.2, 0.25) is 5.91 Å². The largest absolute Gasteiger partial charge is 0.372 e. The van der Waals surface area contributed by atoms with Gasteiger partial charge in [0.1, 0.15) is 0 Å². The first kappa shape index (κ1) is 18.5. The molecule has 0 aliphatic carbocycles. The van der Waals surface area contributed by atoms with E-state index in [4.69, 9.17) is 0 Å². The average molecular weight is 304 g/mol. The first-order valence-electron chi connectivity index (χ1n) is 8.73. The third-order valence-electron chi connectivity index (χ3n) is 4.37. The number of nitrogens with zero attached hydrogens (tertiary/aromatic N) is 1. The molecule has 0 aromatic heterocycles. The van der Waals surface area contributed by atoms with Crippen LogP contribution in [0.25, 0.3) is 0 Å². The third-order valence-corrected chi connectivity index (χ3v) is 4.37. The highest BCUT2D eigenvalue weighted by atomic mass is 16.1. The van der Waals surface area contributed by atoms with E-state index in [0.717, 1.165) is 50.0 Å². The van der Waals surface area contributed by atoms with E-state index in [0.29, 0.717) is 0 Å². The fraction of sp³-hybridized carbons (Fsp3) is 0.632. The molecule has 0 saturated carbocycles. The second-order valence-corrected chi connectivity index (χ2v) is 5.91. The van der Waals surface area contributed by atoms with Crippen molar-refractivity contribution in [1.82, 2.24) is 0 Å². The molecule has 0 unspecified atom stereocenters. The number of hydrogen-bond donors (Lipinski definition) is 1. The molecule has 0 spiro atoms. The molecule has 0 heterocycles. The average Bonchev–Trinajstić information content (AvgIpc) is 2.52. The number of carbonyl (C=O) groups is 1. The Bertz CT molecular complexity index is 467. The number of hydrogen-bond acceptors (Lipinski definition) is 2.